The molecule has 1 heterocycles. The maximum atomic E-state index is 13.0. The summed E-state index contributed by atoms with van der Waals surface area (Å²) in [6.45, 7) is 2.24. The molecule has 0 aliphatic carbocycles. The van der Waals surface area contributed by atoms with Gasteiger partial charge in [0, 0.05) is 11.8 Å². The van der Waals surface area contributed by atoms with Crippen LogP contribution in [0.2, 0.25) is 0 Å². The van der Waals surface area contributed by atoms with E-state index < -0.39 is 6.10 Å². The van der Waals surface area contributed by atoms with Gasteiger partial charge in [0.05, 0.1) is 23.3 Å². The van der Waals surface area contributed by atoms with Crippen LogP contribution in [-0.2, 0) is 6.54 Å². The van der Waals surface area contributed by atoms with E-state index in [4.69, 9.17) is 0 Å². The number of aromatic nitrogens is 2. The largest absolute Gasteiger partial charge is 0.389 e. The lowest BCUT2D eigenvalue weighted by molar-refractivity contribution is 0.199. The second kappa shape index (κ2) is 4.98. The molecular formula is C12H12BrFN2O. The molecule has 0 saturated carbocycles. The topological polar surface area (TPSA) is 38.1 Å². The van der Waals surface area contributed by atoms with Crippen LogP contribution in [-0.4, -0.2) is 14.9 Å². The molecule has 17 heavy (non-hydrogen) atoms. The van der Waals surface area contributed by atoms with Gasteiger partial charge in [-0.15, -0.1) is 0 Å². The summed E-state index contributed by atoms with van der Waals surface area (Å²) in [4.78, 5) is 0. The Hall–Kier alpha value is -1.20. The average molecular weight is 299 g/mol. The number of aliphatic hydroxyl groups is 1. The highest BCUT2D eigenvalue weighted by Gasteiger charge is 2.05. The molecular weight excluding hydrogens is 287 g/mol. The zero-order chi connectivity index (χ0) is 12.4. The quantitative estimate of drug-likeness (QED) is 0.946. The van der Waals surface area contributed by atoms with Crippen LogP contribution in [0, 0.1) is 5.82 Å². The second-order valence-electron chi connectivity index (χ2n) is 3.90. The number of benzene rings is 1. The molecule has 2 aromatic rings. The van der Waals surface area contributed by atoms with Crippen molar-refractivity contribution in [1.82, 2.24) is 9.78 Å². The van der Waals surface area contributed by atoms with E-state index in [0.29, 0.717) is 11.0 Å². The van der Waals surface area contributed by atoms with Crippen molar-refractivity contribution in [2.75, 3.05) is 0 Å². The first-order valence-corrected chi connectivity index (χ1v) is 6.00. The Morgan fingerprint density at radius 3 is 2.88 bits per heavy atom. The van der Waals surface area contributed by atoms with Crippen LogP contribution in [0.4, 0.5) is 4.39 Å². The van der Waals surface area contributed by atoms with Crippen molar-refractivity contribution in [3.05, 3.63) is 52.0 Å². The number of aliphatic hydroxyl groups excluding tert-OH is 1. The Bertz CT molecular complexity index is 525. The molecule has 3 nitrogen and oxygen atoms in total. The van der Waals surface area contributed by atoms with Gasteiger partial charge in [-0.1, -0.05) is 6.07 Å². The maximum absolute atomic E-state index is 13.0. The van der Waals surface area contributed by atoms with E-state index >= 15 is 0 Å². The third kappa shape index (κ3) is 2.92. The van der Waals surface area contributed by atoms with Gasteiger partial charge in [-0.3, -0.25) is 4.68 Å². The Morgan fingerprint density at radius 2 is 2.29 bits per heavy atom. The number of nitrogens with zero attached hydrogens (tertiary/aromatic N) is 2. The molecule has 1 aromatic carbocycles. The van der Waals surface area contributed by atoms with Gasteiger partial charge in [0.1, 0.15) is 5.82 Å². The summed E-state index contributed by atoms with van der Waals surface area (Å²) < 4.78 is 15.2. The third-order valence-electron chi connectivity index (χ3n) is 2.46. The number of hydrogen-bond acceptors (Lipinski definition) is 2. The molecule has 1 aromatic heterocycles. The van der Waals surface area contributed by atoms with Crippen molar-refractivity contribution in [2.24, 2.45) is 0 Å². The molecule has 0 bridgehead atoms. The number of hydrogen-bond donors (Lipinski definition) is 1. The van der Waals surface area contributed by atoms with Gasteiger partial charge in [-0.05, 0) is 40.5 Å². The van der Waals surface area contributed by atoms with Crippen LogP contribution in [0.25, 0.3) is 0 Å². The monoisotopic (exact) mass is 298 g/mol. The van der Waals surface area contributed by atoms with Crippen molar-refractivity contribution in [3.63, 3.8) is 0 Å². The first-order valence-electron chi connectivity index (χ1n) is 5.20. The zero-order valence-electron chi connectivity index (χ0n) is 9.27. The molecule has 0 spiro atoms. The van der Waals surface area contributed by atoms with Crippen LogP contribution in [0.3, 0.4) is 0 Å². The minimum absolute atomic E-state index is 0.279. The summed E-state index contributed by atoms with van der Waals surface area (Å²) in [7, 11) is 0. The van der Waals surface area contributed by atoms with Crippen LogP contribution in [0.1, 0.15) is 24.2 Å². The molecule has 0 radical (unpaired) electrons. The fourth-order valence-electron chi connectivity index (χ4n) is 1.51. The standard InChI is InChI=1S/C12H12BrFN2O/c1-8(17)10-5-15-16(7-10)6-9-2-3-12(14)11(13)4-9/h2-5,7-8,17H,6H2,1H3. The van der Waals surface area contributed by atoms with E-state index in [1.165, 1.54) is 6.07 Å². The summed E-state index contributed by atoms with van der Waals surface area (Å²) in [6.07, 6.45) is 2.88. The normalized spacial score (nSPS) is 12.7. The second-order valence-corrected chi connectivity index (χ2v) is 4.75. The lowest BCUT2D eigenvalue weighted by atomic mass is 10.2. The van der Waals surface area contributed by atoms with Crippen LogP contribution < -0.4 is 0 Å². The van der Waals surface area contributed by atoms with Crippen molar-refractivity contribution in [2.45, 2.75) is 19.6 Å². The first kappa shape index (κ1) is 12.3. The summed E-state index contributed by atoms with van der Waals surface area (Å²) in [5.41, 5.74) is 1.71. The average Bonchev–Trinajstić information content (AvgIpc) is 2.72. The minimum atomic E-state index is -0.524. The fourth-order valence-corrected chi connectivity index (χ4v) is 1.93. The van der Waals surface area contributed by atoms with Gasteiger partial charge in [0.15, 0.2) is 0 Å². The van der Waals surface area contributed by atoms with Gasteiger partial charge in [0.25, 0.3) is 0 Å². The molecule has 1 unspecified atom stereocenters. The Morgan fingerprint density at radius 1 is 1.53 bits per heavy atom. The van der Waals surface area contributed by atoms with Crippen molar-refractivity contribution in [1.29, 1.82) is 0 Å². The predicted octanol–water partition coefficient (Wildman–Crippen LogP) is 2.89. The van der Waals surface area contributed by atoms with E-state index in [1.54, 1.807) is 36.1 Å². The third-order valence-corrected chi connectivity index (χ3v) is 3.07. The highest BCUT2D eigenvalue weighted by atomic mass is 79.9. The maximum Gasteiger partial charge on any atom is 0.137 e. The molecule has 0 saturated heterocycles. The molecule has 2 rings (SSSR count). The van der Waals surface area contributed by atoms with Crippen molar-refractivity contribution in [3.8, 4) is 0 Å². The van der Waals surface area contributed by atoms with Gasteiger partial charge in [-0.2, -0.15) is 5.10 Å². The molecule has 90 valence electrons. The zero-order valence-corrected chi connectivity index (χ0v) is 10.9. The molecule has 1 atom stereocenters. The number of halogens is 2. The predicted molar refractivity (Wildman–Crippen MR) is 66.1 cm³/mol. The number of rotatable bonds is 3. The molecule has 0 aliphatic heterocycles. The smallest absolute Gasteiger partial charge is 0.137 e. The summed E-state index contributed by atoms with van der Waals surface area (Å²) in [5, 5.41) is 13.5. The fraction of sp³-hybridized carbons (Fsp3) is 0.250. The first-order chi connectivity index (χ1) is 8.06. The lowest BCUT2D eigenvalue weighted by Gasteiger charge is -2.03. The Balaban J connectivity index is 2.16. The van der Waals surface area contributed by atoms with E-state index in [9.17, 15) is 9.50 Å². The highest BCUT2D eigenvalue weighted by Crippen LogP contribution is 2.18. The minimum Gasteiger partial charge on any atom is -0.389 e. The van der Waals surface area contributed by atoms with Crippen LogP contribution in [0.5, 0.6) is 0 Å². The van der Waals surface area contributed by atoms with E-state index in [2.05, 4.69) is 21.0 Å². The molecule has 0 aliphatic rings. The lowest BCUT2D eigenvalue weighted by Crippen LogP contribution is -2.00. The van der Waals surface area contributed by atoms with Crippen molar-refractivity contribution >= 4 is 15.9 Å². The molecule has 5 heteroatoms. The Labute approximate surface area is 107 Å². The summed E-state index contributed by atoms with van der Waals surface area (Å²) >= 11 is 3.14. The summed E-state index contributed by atoms with van der Waals surface area (Å²) in [6, 6.07) is 4.85. The molecule has 0 amide bonds. The van der Waals surface area contributed by atoms with Crippen LogP contribution >= 0.6 is 15.9 Å². The van der Waals surface area contributed by atoms with Gasteiger partial charge >= 0.3 is 0 Å². The Kier molecular flexibility index (Phi) is 3.59. The van der Waals surface area contributed by atoms with Gasteiger partial charge in [0.2, 0.25) is 0 Å². The molecule has 0 fully saturated rings. The van der Waals surface area contributed by atoms with E-state index in [1.807, 2.05) is 0 Å². The van der Waals surface area contributed by atoms with E-state index in [-0.39, 0.29) is 5.82 Å². The van der Waals surface area contributed by atoms with Crippen molar-refractivity contribution < 1.29 is 9.50 Å². The molecule has 1 N–H and O–H groups in total. The highest BCUT2D eigenvalue weighted by molar-refractivity contribution is 9.10. The van der Waals surface area contributed by atoms with E-state index in [0.717, 1.165) is 11.1 Å². The van der Waals surface area contributed by atoms with Gasteiger partial charge in [-0.25, -0.2) is 4.39 Å². The van der Waals surface area contributed by atoms with Gasteiger partial charge < -0.3 is 5.11 Å². The van der Waals surface area contributed by atoms with Crippen LogP contribution in [0.15, 0.2) is 35.1 Å². The SMILES string of the molecule is CC(O)c1cnn(Cc2ccc(F)c(Br)c2)c1. The summed E-state index contributed by atoms with van der Waals surface area (Å²) in [5.74, 6) is -0.279.